The molecule has 0 bridgehead atoms. The smallest absolute Gasteiger partial charge is 0.408 e. The molecule has 3 aromatic rings. The monoisotopic (exact) mass is 577 g/mol. The highest BCUT2D eigenvalue weighted by molar-refractivity contribution is 7.94. The van der Waals surface area contributed by atoms with E-state index in [-0.39, 0.29) is 12.3 Å². The van der Waals surface area contributed by atoms with E-state index in [1.165, 1.54) is 29.2 Å². The number of amides is 2. The minimum absolute atomic E-state index is 0.100. The van der Waals surface area contributed by atoms with Crippen molar-refractivity contribution in [3.63, 3.8) is 0 Å². The van der Waals surface area contributed by atoms with Crippen molar-refractivity contribution in [2.75, 3.05) is 0 Å². The summed E-state index contributed by atoms with van der Waals surface area (Å²) in [5.41, 5.74) is 1.89. The molecule has 5 rings (SSSR count). The normalized spacial score (nSPS) is 22.4. The van der Waals surface area contributed by atoms with Gasteiger partial charge in [0.1, 0.15) is 6.61 Å². The molecule has 4 atom stereocenters. The molecule has 2 saturated heterocycles. The highest BCUT2D eigenvalue weighted by Gasteiger charge is 2.73. The van der Waals surface area contributed by atoms with E-state index < -0.39 is 62.4 Å². The van der Waals surface area contributed by atoms with Crippen molar-refractivity contribution in [1.29, 1.82) is 0 Å². The Bertz CT molecular complexity index is 1410. The van der Waals surface area contributed by atoms with Crippen molar-refractivity contribution in [2.45, 2.75) is 48.8 Å². The SMILES string of the molecule is CC1(C)[C@H](C(=O)OC(c2ccccc2)c2ccccc2)N2C(=O)[C@@H](NC(=O)OCc3ccc([N+](=O)[O-])cc3)[C@H]2[S+]1[O-]. The van der Waals surface area contributed by atoms with Crippen molar-refractivity contribution < 1.29 is 33.3 Å². The predicted molar refractivity (Wildman–Crippen MR) is 148 cm³/mol. The molecule has 1 N–H and O–H groups in total. The molecule has 0 saturated carbocycles. The topological polar surface area (TPSA) is 151 Å². The molecule has 0 radical (unpaired) electrons. The van der Waals surface area contributed by atoms with Crippen LogP contribution >= 0.6 is 0 Å². The van der Waals surface area contributed by atoms with Gasteiger partial charge in [0.15, 0.2) is 22.9 Å². The molecule has 3 aromatic carbocycles. The largest absolute Gasteiger partial charge is 0.614 e. The summed E-state index contributed by atoms with van der Waals surface area (Å²) in [5.74, 6) is -1.27. The predicted octanol–water partition coefficient (Wildman–Crippen LogP) is 3.60. The van der Waals surface area contributed by atoms with Crippen LogP contribution in [-0.4, -0.2) is 54.6 Å². The lowest BCUT2D eigenvalue weighted by Gasteiger charge is -2.41. The number of benzene rings is 3. The first kappa shape index (κ1) is 28.1. The second kappa shape index (κ2) is 11.2. The van der Waals surface area contributed by atoms with Gasteiger partial charge < -0.3 is 19.3 Å². The Hall–Kier alpha value is -4.42. The summed E-state index contributed by atoms with van der Waals surface area (Å²) in [6.45, 7) is 3.07. The Morgan fingerprint density at radius 1 is 1.00 bits per heavy atom. The molecule has 11 nitrogen and oxygen atoms in total. The second-order valence-corrected chi connectivity index (χ2v) is 12.3. The standard InChI is InChI=1S/C29H27N3O8S/c1-29(2)24(27(34)40-23(19-9-5-3-6-10-19)20-11-7-4-8-12-20)31-25(33)22(26(31)41(29)38)30-28(35)39-17-18-13-15-21(16-14-18)32(36)37/h3-16,22-24,26H,17H2,1-2H3,(H,30,35)/t22-,24+,26-,41?/m1/s1. The van der Waals surface area contributed by atoms with Crippen LogP contribution in [0.15, 0.2) is 84.9 Å². The van der Waals surface area contributed by atoms with Crippen molar-refractivity contribution >= 4 is 34.8 Å². The number of ether oxygens (including phenoxy) is 2. The van der Waals surface area contributed by atoms with Gasteiger partial charge in [-0.05, 0) is 53.8 Å². The molecule has 41 heavy (non-hydrogen) atoms. The Labute approximate surface area is 238 Å². The van der Waals surface area contributed by atoms with E-state index >= 15 is 0 Å². The maximum Gasteiger partial charge on any atom is 0.408 e. The number of hydrogen-bond donors (Lipinski definition) is 1. The molecular formula is C29H27N3O8S. The fraction of sp³-hybridized carbons (Fsp3) is 0.276. The zero-order chi connectivity index (χ0) is 29.3. The molecule has 2 amide bonds. The van der Waals surface area contributed by atoms with Gasteiger partial charge in [-0.2, -0.15) is 0 Å². The van der Waals surface area contributed by atoms with Crippen molar-refractivity contribution in [3.8, 4) is 0 Å². The first-order valence-corrected chi connectivity index (χ1v) is 14.0. The summed E-state index contributed by atoms with van der Waals surface area (Å²) in [6, 6.07) is 21.6. The van der Waals surface area contributed by atoms with Crippen LogP contribution in [0.2, 0.25) is 0 Å². The van der Waals surface area contributed by atoms with Gasteiger partial charge in [0.05, 0.1) is 4.92 Å². The maximum atomic E-state index is 13.6. The number of non-ortho nitro benzene ring substituents is 1. The van der Waals surface area contributed by atoms with E-state index in [0.29, 0.717) is 5.56 Å². The number of hydrogen-bond acceptors (Lipinski definition) is 8. The summed E-state index contributed by atoms with van der Waals surface area (Å²) in [7, 11) is 0. The summed E-state index contributed by atoms with van der Waals surface area (Å²) in [6.07, 6.45) is -1.66. The van der Waals surface area contributed by atoms with Crippen LogP contribution in [0.5, 0.6) is 0 Å². The lowest BCUT2D eigenvalue weighted by Crippen LogP contribution is -2.72. The lowest BCUT2D eigenvalue weighted by atomic mass is 9.95. The zero-order valence-electron chi connectivity index (χ0n) is 22.2. The van der Waals surface area contributed by atoms with Gasteiger partial charge >= 0.3 is 12.1 Å². The van der Waals surface area contributed by atoms with E-state index in [2.05, 4.69) is 5.32 Å². The number of nitrogens with zero attached hydrogens (tertiary/aromatic N) is 2. The van der Waals surface area contributed by atoms with Crippen LogP contribution in [0.1, 0.15) is 36.6 Å². The average molecular weight is 578 g/mol. The number of esters is 1. The highest BCUT2D eigenvalue weighted by Crippen LogP contribution is 2.47. The number of rotatable bonds is 8. The van der Waals surface area contributed by atoms with E-state index in [9.17, 15) is 29.1 Å². The molecule has 0 spiro atoms. The third-order valence-electron chi connectivity index (χ3n) is 7.21. The molecule has 0 aliphatic carbocycles. The fourth-order valence-corrected chi connectivity index (χ4v) is 6.99. The Balaban J connectivity index is 1.27. The quantitative estimate of drug-likeness (QED) is 0.140. The molecule has 2 fully saturated rings. The van der Waals surface area contributed by atoms with Crippen molar-refractivity contribution in [3.05, 3.63) is 112 Å². The number of carbonyl (C=O) groups is 3. The van der Waals surface area contributed by atoms with Gasteiger partial charge in [-0.15, -0.1) is 0 Å². The van der Waals surface area contributed by atoms with E-state index in [0.717, 1.165) is 11.1 Å². The van der Waals surface area contributed by atoms with Gasteiger partial charge in [-0.25, -0.2) is 9.59 Å². The first-order chi connectivity index (χ1) is 19.6. The Morgan fingerprint density at radius 3 is 2.10 bits per heavy atom. The van der Waals surface area contributed by atoms with Gasteiger partial charge in [0, 0.05) is 12.1 Å². The second-order valence-electron chi connectivity index (χ2n) is 10.2. The van der Waals surface area contributed by atoms with Gasteiger partial charge in [0.25, 0.3) is 11.6 Å². The van der Waals surface area contributed by atoms with Crippen molar-refractivity contribution in [2.24, 2.45) is 0 Å². The molecule has 2 aliphatic heterocycles. The number of carbonyl (C=O) groups excluding carboxylic acids is 3. The van der Waals surface area contributed by atoms with Gasteiger partial charge in [0.2, 0.25) is 5.37 Å². The molecule has 2 aliphatic rings. The molecule has 0 aromatic heterocycles. The van der Waals surface area contributed by atoms with E-state index in [1.54, 1.807) is 13.8 Å². The average Bonchev–Trinajstić information content (AvgIpc) is 3.17. The summed E-state index contributed by atoms with van der Waals surface area (Å²) >= 11 is -1.72. The summed E-state index contributed by atoms with van der Waals surface area (Å²) < 4.78 is 23.5. The lowest BCUT2D eigenvalue weighted by molar-refractivity contribution is -0.384. The molecule has 212 valence electrons. The molecule has 1 unspecified atom stereocenters. The van der Waals surface area contributed by atoms with E-state index in [4.69, 9.17) is 9.47 Å². The molecule has 2 heterocycles. The third kappa shape index (κ3) is 5.35. The minimum atomic E-state index is -1.72. The number of nitro benzene ring substituents is 1. The van der Waals surface area contributed by atoms with Crippen LogP contribution in [0, 0.1) is 10.1 Å². The van der Waals surface area contributed by atoms with E-state index in [1.807, 2.05) is 60.7 Å². The number of nitrogens with one attached hydrogen (secondary N) is 1. The molecule has 12 heteroatoms. The van der Waals surface area contributed by atoms with Crippen LogP contribution in [-0.2, 0) is 36.8 Å². The highest BCUT2D eigenvalue weighted by atomic mass is 32.2. The van der Waals surface area contributed by atoms with Gasteiger partial charge in [-0.3, -0.25) is 19.8 Å². The maximum absolute atomic E-state index is 13.6. The minimum Gasteiger partial charge on any atom is -0.614 e. The Kier molecular flexibility index (Phi) is 7.70. The van der Waals surface area contributed by atoms with Crippen LogP contribution in [0.25, 0.3) is 0 Å². The fourth-order valence-electron chi connectivity index (χ4n) is 5.07. The Morgan fingerprint density at radius 2 is 1.56 bits per heavy atom. The number of β-lactam (4-membered cyclic amide) rings is 1. The zero-order valence-corrected chi connectivity index (χ0v) is 23.0. The third-order valence-corrected chi connectivity index (χ3v) is 9.41. The van der Waals surface area contributed by atoms with Crippen molar-refractivity contribution in [1.82, 2.24) is 10.2 Å². The molecular weight excluding hydrogens is 550 g/mol. The summed E-state index contributed by atoms with van der Waals surface area (Å²) in [5, 5.41) is 12.3. The number of nitro groups is 1. The number of fused-ring (bicyclic) bond motifs is 1. The number of alkyl carbamates (subject to hydrolysis) is 1. The van der Waals surface area contributed by atoms with Gasteiger partial charge in [-0.1, -0.05) is 60.7 Å². The van der Waals surface area contributed by atoms with Crippen LogP contribution in [0.3, 0.4) is 0 Å². The van der Waals surface area contributed by atoms with Crippen LogP contribution in [0.4, 0.5) is 10.5 Å². The first-order valence-electron chi connectivity index (χ1n) is 12.8. The van der Waals surface area contributed by atoms with Crippen LogP contribution < -0.4 is 5.32 Å². The summed E-state index contributed by atoms with van der Waals surface area (Å²) in [4.78, 5) is 50.8.